The third kappa shape index (κ3) is 3.97. The molecule has 0 radical (unpaired) electrons. The second-order valence-electron chi connectivity index (χ2n) is 3.24. The van der Waals surface area contributed by atoms with Crippen LogP contribution in [0.15, 0.2) is 24.3 Å². The van der Waals surface area contributed by atoms with Gasteiger partial charge in [-0.1, -0.05) is 6.07 Å². The van der Waals surface area contributed by atoms with Crippen LogP contribution in [0.25, 0.3) is 0 Å². The molecule has 0 unspecified atom stereocenters. The fourth-order valence-corrected chi connectivity index (χ4v) is 1.35. The summed E-state index contributed by atoms with van der Waals surface area (Å²) in [6.07, 6.45) is -4.49. The molecule has 0 aliphatic carbocycles. The second-order valence-corrected chi connectivity index (χ2v) is 3.65. The lowest BCUT2D eigenvalue weighted by Gasteiger charge is -2.10. The third-order valence-corrected chi connectivity index (χ3v) is 2.12. The van der Waals surface area contributed by atoms with Crippen LogP contribution in [0.4, 0.5) is 13.2 Å². The monoisotopic (exact) mass is 277 g/mol. The summed E-state index contributed by atoms with van der Waals surface area (Å²) >= 11 is 4.71. The van der Waals surface area contributed by atoms with E-state index < -0.39 is 17.6 Å². The SMILES string of the molecule is CNNC(=S)NC(=O)c1cccc(C(F)(F)F)c1. The Kier molecular flexibility index (Phi) is 4.62. The average Bonchev–Trinajstić information content (AvgIpc) is 2.28. The normalized spacial score (nSPS) is 10.9. The topological polar surface area (TPSA) is 53.2 Å². The Morgan fingerprint density at radius 3 is 2.56 bits per heavy atom. The van der Waals surface area contributed by atoms with Gasteiger partial charge in [0.25, 0.3) is 5.91 Å². The zero-order valence-corrected chi connectivity index (χ0v) is 10.1. The summed E-state index contributed by atoms with van der Waals surface area (Å²) < 4.78 is 37.3. The number of hydrazine groups is 1. The van der Waals surface area contributed by atoms with Crippen LogP contribution in [-0.4, -0.2) is 18.1 Å². The Morgan fingerprint density at radius 2 is 2.00 bits per heavy atom. The molecule has 0 saturated heterocycles. The third-order valence-electron chi connectivity index (χ3n) is 1.92. The van der Waals surface area contributed by atoms with E-state index in [1.165, 1.54) is 13.1 Å². The lowest BCUT2D eigenvalue weighted by atomic mass is 10.1. The molecule has 0 fully saturated rings. The van der Waals surface area contributed by atoms with Crippen molar-refractivity contribution in [1.29, 1.82) is 0 Å². The molecule has 0 spiro atoms. The van der Waals surface area contributed by atoms with E-state index in [1.807, 2.05) is 0 Å². The van der Waals surface area contributed by atoms with Crippen molar-refractivity contribution in [3.63, 3.8) is 0 Å². The summed E-state index contributed by atoms with van der Waals surface area (Å²) in [4.78, 5) is 11.6. The van der Waals surface area contributed by atoms with Crippen LogP contribution in [0.3, 0.4) is 0 Å². The van der Waals surface area contributed by atoms with Gasteiger partial charge in [-0.25, -0.2) is 5.43 Å². The van der Waals surface area contributed by atoms with E-state index in [9.17, 15) is 18.0 Å². The number of amides is 1. The predicted molar refractivity (Wildman–Crippen MR) is 63.7 cm³/mol. The van der Waals surface area contributed by atoms with Gasteiger partial charge in [0, 0.05) is 12.6 Å². The molecule has 4 nitrogen and oxygen atoms in total. The summed E-state index contributed by atoms with van der Waals surface area (Å²) in [7, 11) is 1.53. The van der Waals surface area contributed by atoms with Crippen molar-refractivity contribution < 1.29 is 18.0 Å². The van der Waals surface area contributed by atoms with Gasteiger partial charge in [-0.3, -0.25) is 15.5 Å². The van der Waals surface area contributed by atoms with Crippen LogP contribution in [0.1, 0.15) is 15.9 Å². The number of thiocarbonyl (C=S) groups is 1. The maximum absolute atomic E-state index is 12.4. The molecule has 0 bridgehead atoms. The van der Waals surface area contributed by atoms with Gasteiger partial charge < -0.3 is 0 Å². The Labute approximate surface area is 107 Å². The second kappa shape index (κ2) is 5.78. The molecule has 18 heavy (non-hydrogen) atoms. The van der Waals surface area contributed by atoms with Crippen LogP contribution in [0.2, 0.25) is 0 Å². The molecular formula is C10H10F3N3OS. The minimum absolute atomic E-state index is 0.0279. The first kappa shape index (κ1) is 14.4. The number of benzene rings is 1. The van der Waals surface area contributed by atoms with Crippen LogP contribution in [0, 0.1) is 0 Å². The van der Waals surface area contributed by atoms with Crippen molar-refractivity contribution in [3.8, 4) is 0 Å². The molecule has 8 heteroatoms. The Hall–Kier alpha value is -1.67. The van der Waals surface area contributed by atoms with Gasteiger partial charge in [-0.15, -0.1) is 0 Å². The highest BCUT2D eigenvalue weighted by Gasteiger charge is 2.30. The minimum Gasteiger partial charge on any atom is -0.298 e. The van der Waals surface area contributed by atoms with Crippen LogP contribution >= 0.6 is 12.2 Å². The molecule has 1 amide bonds. The van der Waals surface area contributed by atoms with Gasteiger partial charge in [0.15, 0.2) is 5.11 Å². The number of rotatable bonds is 2. The van der Waals surface area contributed by atoms with E-state index in [4.69, 9.17) is 12.2 Å². The number of carbonyl (C=O) groups excluding carboxylic acids is 1. The smallest absolute Gasteiger partial charge is 0.298 e. The Morgan fingerprint density at radius 1 is 1.33 bits per heavy atom. The lowest BCUT2D eigenvalue weighted by Crippen LogP contribution is -2.44. The molecule has 1 aromatic carbocycles. The van der Waals surface area contributed by atoms with E-state index in [1.54, 1.807) is 0 Å². The van der Waals surface area contributed by atoms with E-state index >= 15 is 0 Å². The number of hydrogen-bond acceptors (Lipinski definition) is 3. The summed E-state index contributed by atoms with van der Waals surface area (Å²) in [5.41, 5.74) is 3.89. The number of halogens is 3. The van der Waals surface area contributed by atoms with Gasteiger partial charge in [-0.2, -0.15) is 13.2 Å². The molecule has 1 rings (SSSR count). The number of carbonyl (C=O) groups is 1. The van der Waals surface area contributed by atoms with Crippen molar-refractivity contribution >= 4 is 23.2 Å². The fourth-order valence-electron chi connectivity index (χ4n) is 1.16. The summed E-state index contributed by atoms with van der Waals surface area (Å²) in [5, 5.41) is 2.20. The quantitative estimate of drug-likeness (QED) is 0.565. The van der Waals surface area contributed by atoms with Crippen molar-refractivity contribution in [2.24, 2.45) is 0 Å². The highest BCUT2D eigenvalue weighted by atomic mass is 32.1. The maximum atomic E-state index is 12.4. The van der Waals surface area contributed by atoms with E-state index in [2.05, 4.69) is 16.2 Å². The minimum atomic E-state index is -4.49. The molecule has 1 aromatic rings. The van der Waals surface area contributed by atoms with Gasteiger partial charge in [-0.05, 0) is 30.4 Å². The number of alkyl halides is 3. The summed E-state index contributed by atoms with van der Waals surface area (Å²) in [5.74, 6) is -0.714. The first-order chi connectivity index (χ1) is 8.34. The summed E-state index contributed by atoms with van der Waals surface area (Å²) in [6, 6.07) is 4.08. The van der Waals surface area contributed by atoms with E-state index in [0.717, 1.165) is 18.2 Å². The van der Waals surface area contributed by atoms with Crippen LogP contribution < -0.4 is 16.2 Å². The van der Waals surface area contributed by atoms with Crippen LogP contribution in [-0.2, 0) is 6.18 Å². The van der Waals surface area contributed by atoms with E-state index in [0.29, 0.717) is 0 Å². The Balaban J connectivity index is 2.84. The number of nitrogens with one attached hydrogen (secondary N) is 3. The highest BCUT2D eigenvalue weighted by molar-refractivity contribution is 7.80. The average molecular weight is 277 g/mol. The molecule has 0 atom stereocenters. The largest absolute Gasteiger partial charge is 0.416 e. The van der Waals surface area contributed by atoms with Gasteiger partial charge in [0.2, 0.25) is 0 Å². The maximum Gasteiger partial charge on any atom is 0.416 e. The zero-order valence-electron chi connectivity index (χ0n) is 9.26. The van der Waals surface area contributed by atoms with Gasteiger partial charge in [0.05, 0.1) is 5.56 Å². The van der Waals surface area contributed by atoms with Crippen molar-refractivity contribution in [1.82, 2.24) is 16.2 Å². The summed E-state index contributed by atoms with van der Waals surface area (Å²) in [6.45, 7) is 0. The van der Waals surface area contributed by atoms with Crippen LogP contribution in [0.5, 0.6) is 0 Å². The Bertz CT molecular complexity index is 462. The van der Waals surface area contributed by atoms with Crippen molar-refractivity contribution in [2.75, 3.05) is 7.05 Å². The van der Waals surface area contributed by atoms with Gasteiger partial charge in [0.1, 0.15) is 0 Å². The lowest BCUT2D eigenvalue weighted by molar-refractivity contribution is -0.137. The molecule has 0 aromatic heterocycles. The van der Waals surface area contributed by atoms with Crippen molar-refractivity contribution in [3.05, 3.63) is 35.4 Å². The molecular weight excluding hydrogens is 267 g/mol. The molecule has 0 aliphatic rings. The molecule has 0 aliphatic heterocycles. The van der Waals surface area contributed by atoms with E-state index in [-0.39, 0.29) is 10.7 Å². The molecule has 98 valence electrons. The first-order valence-corrected chi connectivity index (χ1v) is 5.20. The fraction of sp³-hybridized carbons (Fsp3) is 0.200. The van der Waals surface area contributed by atoms with Gasteiger partial charge >= 0.3 is 6.18 Å². The predicted octanol–water partition coefficient (Wildman–Crippen LogP) is 1.44. The zero-order chi connectivity index (χ0) is 13.8. The van der Waals surface area contributed by atoms with Crippen molar-refractivity contribution in [2.45, 2.75) is 6.18 Å². The first-order valence-electron chi connectivity index (χ1n) is 4.80. The molecule has 3 N–H and O–H groups in total. The molecule has 0 heterocycles. The highest BCUT2D eigenvalue weighted by Crippen LogP contribution is 2.29. The molecule has 0 saturated carbocycles. The standard InChI is InChI=1S/C10H10F3N3OS/c1-14-16-9(18)15-8(17)6-3-2-4-7(5-6)10(11,12)13/h2-5,14H,1H3,(H2,15,16,17,18). The number of hydrogen-bond donors (Lipinski definition) is 3.